The molecule has 0 radical (unpaired) electrons. The van der Waals surface area contributed by atoms with Gasteiger partial charge in [0, 0.05) is 29.5 Å². The Morgan fingerprint density at radius 1 is 1.47 bits per heavy atom. The van der Waals surface area contributed by atoms with E-state index in [1.54, 1.807) is 11.3 Å². The molecule has 0 saturated carbocycles. The number of aryl methyl sites for hydroxylation is 1. The molecule has 0 bridgehead atoms. The Morgan fingerprint density at radius 2 is 2.12 bits per heavy atom. The molecule has 0 aliphatic heterocycles. The topological polar surface area (TPSA) is 45.1 Å². The number of rotatable bonds is 7. The van der Waals surface area contributed by atoms with Crippen LogP contribution in [0.4, 0.5) is 0 Å². The number of nitrogens with one attached hydrogen (secondary N) is 1. The van der Waals surface area contributed by atoms with Crippen molar-refractivity contribution >= 4 is 11.3 Å². The lowest BCUT2D eigenvalue weighted by molar-refractivity contribution is 0.110. The minimum absolute atomic E-state index is 0.0207. The second-order valence-corrected chi connectivity index (χ2v) is 5.66. The smallest absolute Gasteiger partial charge is 0.0798 e. The molecule has 0 aliphatic rings. The van der Waals surface area contributed by atoms with Crippen LogP contribution in [0.2, 0.25) is 0 Å². The largest absolute Gasteiger partial charge is 0.396 e. The highest BCUT2D eigenvalue weighted by Gasteiger charge is 2.26. The van der Waals surface area contributed by atoms with E-state index in [-0.39, 0.29) is 12.0 Å². The monoisotopic (exact) mass is 256 g/mol. The maximum atomic E-state index is 9.52. The molecule has 0 aliphatic carbocycles. The molecule has 1 atom stereocenters. The van der Waals surface area contributed by atoms with E-state index < -0.39 is 0 Å². The summed E-state index contributed by atoms with van der Waals surface area (Å²) in [6, 6.07) is 0.312. The fourth-order valence-electron chi connectivity index (χ4n) is 1.97. The minimum Gasteiger partial charge on any atom is -0.396 e. The van der Waals surface area contributed by atoms with Gasteiger partial charge < -0.3 is 10.4 Å². The summed E-state index contributed by atoms with van der Waals surface area (Å²) in [5, 5.41) is 13.1. The zero-order chi connectivity index (χ0) is 12.9. The summed E-state index contributed by atoms with van der Waals surface area (Å²) in [7, 11) is 0. The first kappa shape index (κ1) is 14.6. The summed E-state index contributed by atoms with van der Waals surface area (Å²) in [6.07, 6.45) is 2.00. The molecule has 0 saturated heterocycles. The highest BCUT2D eigenvalue weighted by atomic mass is 32.1. The molecular weight excluding hydrogens is 232 g/mol. The molecule has 0 fully saturated rings. The quantitative estimate of drug-likeness (QED) is 0.788. The number of aliphatic hydroxyl groups is 1. The molecule has 1 rings (SSSR count). The van der Waals surface area contributed by atoms with Crippen LogP contribution in [0.3, 0.4) is 0 Å². The second kappa shape index (κ2) is 6.47. The molecular formula is C13H24N2OS. The highest BCUT2D eigenvalue weighted by Crippen LogP contribution is 2.27. The SMILES string of the molecule is CCC(CC)(CO)CNC(C)c1scnc1C. The van der Waals surface area contributed by atoms with Gasteiger partial charge in [0.2, 0.25) is 0 Å². The third-order valence-corrected chi connectivity index (χ3v) is 4.91. The van der Waals surface area contributed by atoms with Gasteiger partial charge in [-0.2, -0.15) is 0 Å². The van der Waals surface area contributed by atoms with Gasteiger partial charge in [0.1, 0.15) is 0 Å². The van der Waals surface area contributed by atoms with Crippen molar-refractivity contribution in [1.29, 1.82) is 0 Å². The van der Waals surface area contributed by atoms with E-state index in [0.29, 0.717) is 6.04 Å². The fraction of sp³-hybridized carbons (Fsp3) is 0.769. The van der Waals surface area contributed by atoms with Crippen molar-refractivity contribution in [2.75, 3.05) is 13.2 Å². The van der Waals surface area contributed by atoms with Gasteiger partial charge in [0.25, 0.3) is 0 Å². The van der Waals surface area contributed by atoms with Crippen molar-refractivity contribution in [3.63, 3.8) is 0 Å². The van der Waals surface area contributed by atoms with Crippen LogP contribution in [0.5, 0.6) is 0 Å². The van der Waals surface area contributed by atoms with Gasteiger partial charge >= 0.3 is 0 Å². The molecule has 98 valence electrons. The first-order valence-corrected chi connectivity index (χ1v) is 7.20. The molecule has 2 N–H and O–H groups in total. The van der Waals surface area contributed by atoms with Crippen LogP contribution in [0.1, 0.15) is 50.2 Å². The lowest BCUT2D eigenvalue weighted by Crippen LogP contribution is -2.37. The van der Waals surface area contributed by atoms with Crippen LogP contribution in [0, 0.1) is 12.3 Å². The third kappa shape index (κ3) is 3.50. The zero-order valence-corrected chi connectivity index (χ0v) is 12.1. The summed E-state index contributed by atoms with van der Waals surface area (Å²) in [4.78, 5) is 5.57. The lowest BCUT2D eigenvalue weighted by atomic mass is 9.83. The Morgan fingerprint density at radius 3 is 2.53 bits per heavy atom. The van der Waals surface area contributed by atoms with E-state index in [2.05, 4.69) is 31.1 Å². The molecule has 1 unspecified atom stereocenters. The second-order valence-electron chi connectivity index (χ2n) is 4.77. The predicted molar refractivity (Wildman–Crippen MR) is 73.4 cm³/mol. The average molecular weight is 256 g/mol. The first-order valence-electron chi connectivity index (χ1n) is 6.32. The Kier molecular flexibility index (Phi) is 5.56. The Hall–Kier alpha value is -0.450. The van der Waals surface area contributed by atoms with Gasteiger partial charge in [0.05, 0.1) is 11.2 Å². The highest BCUT2D eigenvalue weighted by molar-refractivity contribution is 7.09. The summed E-state index contributed by atoms with van der Waals surface area (Å²) in [5.74, 6) is 0. The van der Waals surface area contributed by atoms with Crippen LogP contribution >= 0.6 is 11.3 Å². The maximum absolute atomic E-state index is 9.52. The number of aromatic nitrogens is 1. The lowest BCUT2D eigenvalue weighted by Gasteiger charge is -2.31. The molecule has 1 aromatic heterocycles. The van der Waals surface area contributed by atoms with Gasteiger partial charge in [-0.25, -0.2) is 4.98 Å². The van der Waals surface area contributed by atoms with Crippen LogP contribution in [0.15, 0.2) is 5.51 Å². The van der Waals surface area contributed by atoms with Crippen LogP contribution in [-0.2, 0) is 0 Å². The van der Waals surface area contributed by atoms with Gasteiger partial charge in [0.15, 0.2) is 0 Å². The molecule has 4 heteroatoms. The minimum atomic E-state index is 0.0207. The van der Waals surface area contributed by atoms with E-state index in [1.807, 2.05) is 12.4 Å². The molecule has 0 spiro atoms. The zero-order valence-electron chi connectivity index (χ0n) is 11.3. The number of aliphatic hydroxyl groups excluding tert-OH is 1. The van der Waals surface area contributed by atoms with Crippen molar-refractivity contribution < 1.29 is 5.11 Å². The van der Waals surface area contributed by atoms with Crippen molar-refractivity contribution in [2.24, 2.45) is 5.41 Å². The van der Waals surface area contributed by atoms with Gasteiger partial charge in [-0.1, -0.05) is 13.8 Å². The van der Waals surface area contributed by atoms with Gasteiger partial charge in [-0.3, -0.25) is 0 Å². The Balaban J connectivity index is 2.58. The molecule has 0 amide bonds. The van der Waals surface area contributed by atoms with Crippen LogP contribution in [0.25, 0.3) is 0 Å². The summed E-state index contributed by atoms with van der Waals surface area (Å²) >= 11 is 1.69. The first-order chi connectivity index (χ1) is 8.08. The molecule has 1 heterocycles. The van der Waals surface area contributed by atoms with Gasteiger partial charge in [-0.15, -0.1) is 11.3 Å². The Bertz CT molecular complexity index is 326. The summed E-state index contributed by atoms with van der Waals surface area (Å²) < 4.78 is 0. The van der Waals surface area contributed by atoms with Crippen LogP contribution in [-0.4, -0.2) is 23.2 Å². The number of hydrogen-bond acceptors (Lipinski definition) is 4. The number of thiazole rings is 1. The normalized spacial score (nSPS) is 13.9. The molecule has 1 aromatic rings. The predicted octanol–water partition coefficient (Wildman–Crippen LogP) is 2.90. The third-order valence-electron chi connectivity index (χ3n) is 3.79. The van der Waals surface area contributed by atoms with E-state index in [0.717, 1.165) is 25.1 Å². The van der Waals surface area contributed by atoms with E-state index >= 15 is 0 Å². The molecule has 17 heavy (non-hydrogen) atoms. The fourth-order valence-corrected chi connectivity index (χ4v) is 2.80. The Labute approximate surface area is 108 Å². The van der Waals surface area contributed by atoms with E-state index in [4.69, 9.17) is 0 Å². The maximum Gasteiger partial charge on any atom is 0.0798 e. The molecule has 3 nitrogen and oxygen atoms in total. The average Bonchev–Trinajstić information content (AvgIpc) is 2.78. The standard InChI is InChI=1S/C13H24N2OS/c1-5-13(6-2,8-16)7-14-10(3)12-11(4)15-9-17-12/h9-10,14,16H,5-8H2,1-4H3. The van der Waals surface area contributed by atoms with E-state index in [9.17, 15) is 5.11 Å². The van der Waals surface area contributed by atoms with Crippen molar-refractivity contribution in [3.05, 3.63) is 16.1 Å². The summed E-state index contributed by atoms with van der Waals surface area (Å²) in [5.41, 5.74) is 3.02. The van der Waals surface area contributed by atoms with E-state index in [1.165, 1.54) is 4.88 Å². The van der Waals surface area contributed by atoms with Crippen LogP contribution < -0.4 is 5.32 Å². The van der Waals surface area contributed by atoms with Crippen molar-refractivity contribution in [1.82, 2.24) is 10.3 Å². The molecule has 0 aromatic carbocycles. The van der Waals surface area contributed by atoms with Crippen molar-refractivity contribution in [2.45, 2.75) is 46.6 Å². The number of nitrogens with zero attached hydrogens (tertiary/aromatic N) is 1. The van der Waals surface area contributed by atoms with Crippen molar-refractivity contribution in [3.8, 4) is 0 Å². The summed E-state index contributed by atoms with van der Waals surface area (Å²) in [6.45, 7) is 9.60. The number of hydrogen-bond donors (Lipinski definition) is 2. The van der Waals surface area contributed by atoms with Gasteiger partial charge in [-0.05, 0) is 26.7 Å².